The van der Waals surface area contributed by atoms with E-state index in [0.29, 0.717) is 41.9 Å². The summed E-state index contributed by atoms with van der Waals surface area (Å²) in [6.07, 6.45) is 2.38. The predicted octanol–water partition coefficient (Wildman–Crippen LogP) is 12.0. The molecule has 266 valence electrons. The van der Waals surface area contributed by atoms with Crippen LogP contribution >= 0.6 is 22.7 Å². The lowest BCUT2D eigenvalue weighted by molar-refractivity contribution is -0.140. The van der Waals surface area contributed by atoms with Gasteiger partial charge in [0.05, 0.1) is 42.2 Å². The van der Waals surface area contributed by atoms with E-state index in [1.807, 2.05) is 0 Å². The molecule has 0 aromatic carbocycles. The van der Waals surface area contributed by atoms with Gasteiger partial charge in [-0.25, -0.2) is 16.8 Å². The van der Waals surface area contributed by atoms with Crippen molar-refractivity contribution in [3.05, 3.63) is 20.9 Å². The van der Waals surface area contributed by atoms with E-state index in [1.54, 1.807) is 0 Å². The van der Waals surface area contributed by atoms with Crippen LogP contribution in [0.3, 0.4) is 0 Å². The van der Waals surface area contributed by atoms with E-state index in [1.165, 1.54) is 6.92 Å². The second kappa shape index (κ2) is 18.0. The summed E-state index contributed by atoms with van der Waals surface area (Å²) < 4.78 is 141. The van der Waals surface area contributed by atoms with Crippen molar-refractivity contribution in [3.8, 4) is 9.75 Å². The molecule has 0 saturated carbocycles. The number of hydrogen-bond donors (Lipinski definition) is 0. The zero-order chi connectivity index (χ0) is 34.8. The van der Waals surface area contributed by atoms with Crippen molar-refractivity contribution in [1.29, 1.82) is 0 Å². The molecule has 0 bridgehead atoms. The molecule has 2 heterocycles. The van der Waals surface area contributed by atoms with Gasteiger partial charge in [0, 0.05) is 9.75 Å². The molecular weight excluding hydrogens is 691 g/mol. The molecule has 0 radical (unpaired) electrons. The Morgan fingerprint density at radius 3 is 1.22 bits per heavy atom. The molecule has 0 N–H and O–H groups in total. The molecule has 2 rings (SSSR count). The van der Waals surface area contributed by atoms with Crippen molar-refractivity contribution in [2.24, 2.45) is 0 Å². The van der Waals surface area contributed by atoms with Crippen molar-refractivity contribution in [2.75, 3.05) is 11.5 Å². The zero-order valence-corrected chi connectivity index (χ0v) is 30.5. The van der Waals surface area contributed by atoms with Crippen molar-refractivity contribution in [2.45, 2.75) is 153 Å². The normalized spacial score (nSPS) is 13.2. The van der Waals surface area contributed by atoms with Gasteiger partial charge in [0.1, 0.15) is 0 Å². The molecule has 0 aliphatic carbocycles. The van der Waals surface area contributed by atoms with E-state index in [0.717, 1.165) is 77.6 Å². The monoisotopic (exact) mass is 738 g/mol. The lowest BCUT2D eigenvalue weighted by atomic mass is 10.1. The lowest BCUT2D eigenvalue weighted by Gasteiger charge is -2.14. The average Bonchev–Trinajstić information content (AvgIpc) is 3.49. The maximum atomic E-state index is 14.7. The Kier molecular flexibility index (Phi) is 16.1. The van der Waals surface area contributed by atoms with Gasteiger partial charge in [-0.15, -0.1) is 22.7 Å². The largest absolute Gasteiger partial charge is 0.419 e. The predicted molar refractivity (Wildman–Crippen MR) is 176 cm³/mol. The number of hydrogen-bond acceptors (Lipinski definition) is 6. The molecule has 0 amide bonds. The van der Waals surface area contributed by atoms with Crippen molar-refractivity contribution in [1.82, 2.24) is 0 Å². The van der Waals surface area contributed by atoms with Gasteiger partial charge >= 0.3 is 12.4 Å². The van der Waals surface area contributed by atoms with Crippen LogP contribution in [0.5, 0.6) is 0 Å². The summed E-state index contributed by atoms with van der Waals surface area (Å²) in [6, 6.07) is 0. The lowest BCUT2D eigenvalue weighted by Crippen LogP contribution is -2.17. The Morgan fingerprint density at radius 1 is 0.478 bits per heavy atom. The second-order valence-corrected chi connectivity index (χ2v) is 18.5. The first kappa shape index (κ1) is 41.1. The van der Waals surface area contributed by atoms with Crippen LogP contribution in [0, 0.1) is 13.8 Å². The Morgan fingerprint density at radius 2 is 0.826 bits per heavy atom. The van der Waals surface area contributed by atoms with E-state index in [4.69, 9.17) is 0 Å². The fraction of sp³-hybridized carbons (Fsp3) is 0.750. The van der Waals surface area contributed by atoms with E-state index in [2.05, 4.69) is 13.8 Å². The van der Waals surface area contributed by atoms with Gasteiger partial charge in [-0.05, 0) is 26.7 Å². The first-order valence-electron chi connectivity index (χ1n) is 16.3. The van der Waals surface area contributed by atoms with E-state index in [-0.39, 0.29) is 17.7 Å². The van der Waals surface area contributed by atoms with Crippen molar-refractivity contribution < 1.29 is 43.2 Å². The Hall–Kier alpha value is -1.12. The summed E-state index contributed by atoms with van der Waals surface area (Å²) in [5.74, 6) is -1.19. The number of halogens is 6. The molecular formula is C32H48F6O4S4. The highest BCUT2D eigenvalue weighted by atomic mass is 32.2. The maximum absolute atomic E-state index is 14.7. The number of sulfone groups is 2. The van der Waals surface area contributed by atoms with E-state index >= 15 is 0 Å². The molecule has 0 atom stereocenters. The van der Waals surface area contributed by atoms with E-state index < -0.39 is 79.1 Å². The topological polar surface area (TPSA) is 68.3 Å². The van der Waals surface area contributed by atoms with Gasteiger partial charge in [0.15, 0.2) is 19.7 Å². The van der Waals surface area contributed by atoms with Crippen LogP contribution in [0.15, 0.2) is 9.79 Å². The molecule has 4 nitrogen and oxygen atoms in total. The molecule has 0 aliphatic heterocycles. The van der Waals surface area contributed by atoms with Crippen LogP contribution < -0.4 is 0 Å². The van der Waals surface area contributed by atoms with E-state index in [9.17, 15) is 43.2 Å². The molecule has 0 spiro atoms. The molecule has 0 saturated heterocycles. The van der Waals surface area contributed by atoms with Crippen LogP contribution in [0.4, 0.5) is 26.3 Å². The van der Waals surface area contributed by atoms with Crippen LogP contribution in [0.2, 0.25) is 0 Å². The number of aryl methyl sites for hydroxylation is 2. The first-order valence-corrected chi connectivity index (χ1v) is 21.2. The number of thiophene rings is 2. The molecule has 0 unspecified atom stereocenters. The average molecular weight is 739 g/mol. The molecule has 2 aromatic heterocycles. The van der Waals surface area contributed by atoms with Gasteiger partial charge in [-0.3, -0.25) is 0 Å². The minimum atomic E-state index is -5.25. The highest BCUT2D eigenvalue weighted by Crippen LogP contribution is 2.54. The number of unbranched alkanes of at least 4 members (excludes halogenated alkanes) is 14. The first-order chi connectivity index (χ1) is 21.4. The Balaban J connectivity index is 2.48. The smallest absolute Gasteiger partial charge is 0.224 e. The summed E-state index contributed by atoms with van der Waals surface area (Å²) in [5.41, 5.74) is -3.05. The molecule has 2 aromatic rings. The molecule has 46 heavy (non-hydrogen) atoms. The van der Waals surface area contributed by atoms with Crippen LogP contribution in [0.25, 0.3) is 9.75 Å². The minimum absolute atomic E-state index is 0.0651. The minimum Gasteiger partial charge on any atom is -0.224 e. The second-order valence-electron chi connectivity index (χ2n) is 12.0. The summed E-state index contributed by atoms with van der Waals surface area (Å²) in [5, 5.41) is 0. The van der Waals surface area contributed by atoms with Crippen LogP contribution in [0.1, 0.15) is 137 Å². The highest BCUT2D eigenvalue weighted by Gasteiger charge is 2.47. The van der Waals surface area contributed by atoms with Crippen LogP contribution in [-0.2, 0) is 32.0 Å². The standard InChI is InChI=1S/C32H48F6O4S4/c1-5-7-9-11-13-15-17-19-21-45(39,40)29-24(4)44-27(26(29)32(36,37)38)28-30(25(23(3)43-28)31(33,34)35)46(41,42)22-20-18-16-14-12-10-8-6-2/h5-22H2,1-4H3. The summed E-state index contributed by atoms with van der Waals surface area (Å²) in [4.78, 5) is -4.35. The Labute approximate surface area is 279 Å². The highest BCUT2D eigenvalue weighted by molar-refractivity contribution is 7.92. The summed E-state index contributed by atoms with van der Waals surface area (Å²) in [7, 11) is -9.16. The number of rotatable bonds is 21. The quantitative estimate of drug-likeness (QED) is 0.0944. The van der Waals surface area contributed by atoms with Gasteiger partial charge in [0.25, 0.3) is 0 Å². The molecule has 0 aliphatic rings. The summed E-state index contributed by atoms with van der Waals surface area (Å²) in [6.45, 7) is 6.38. The van der Waals surface area contributed by atoms with Gasteiger partial charge in [-0.1, -0.05) is 104 Å². The van der Waals surface area contributed by atoms with Crippen molar-refractivity contribution >= 4 is 42.3 Å². The third-order valence-corrected chi connectivity index (χ3v) is 14.4. The molecule has 0 fully saturated rings. The zero-order valence-electron chi connectivity index (χ0n) is 27.3. The molecule has 14 heteroatoms. The maximum Gasteiger partial charge on any atom is 0.419 e. The SMILES string of the molecule is CCCCCCCCCCS(=O)(=O)c1c(C)sc(-c2sc(C)c(C(F)(F)F)c2S(=O)(=O)CCCCCCCCCC)c1C(F)(F)F. The third-order valence-electron chi connectivity index (χ3n) is 8.00. The Bertz CT molecular complexity index is 1450. The van der Waals surface area contributed by atoms with Gasteiger partial charge in [0.2, 0.25) is 0 Å². The fourth-order valence-corrected chi connectivity index (χ4v) is 12.7. The van der Waals surface area contributed by atoms with Gasteiger partial charge < -0.3 is 0 Å². The fourth-order valence-electron chi connectivity index (χ4n) is 5.68. The third kappa shape index (κ3) is 11.5. The summed E-state index contributed by atoms with van der Waals surface area (Å²) >= 11 is 0.701. The van der Waals surface area contributed by atoms with Crippen LogP contribution in [-0.4, -0.2) is 28.3 Å². The van der Waals surface area contributed by atoms with Crippen molar-refractivity contribution in [3.63, 3.8) is 0 Å². The number of alkyl halides is 6. The van der Waals surface area contributed by atoms with Gasteiger partial charge in [-0.2, -0.15) is 26.3 Å².